The molecule has 0 spiro atoms. The number of ketones is 1. The Bertz CT molecular complexity index is 1270. The Hall–Kier alpha value is -4.46. The lowest BCUT2D eigenvalue weighted by Crippen LogP contribution is -2.21. The van der Waals surface area contributed by atoms with Gasteiger partial charge in [-0.3, -0.25) is 9.59 Å². The molecular formula is C23H17N3O5. The quantitative estimate of drug-likeness (QED) is 0.435. The molecule has 1 aliphatic rings. The maximum Gasteiger partial charge on any atom is 0.335 e. The molecule has 8 nitrogen and oxygen atoms in total. The van der Waals surface area contributed by atoms with Crippen LogP contribution >= 0.6 is 0 Å². The van der Waals surface area contributed by atoms with Gasteiger partial charge in [0.2, 0.25) is 0 Å². The van der Waals surface area contributed by atoms with Crippen LogP contribution in [0.3, 0.4) is 0 Å². The number of H-pyrrole nitrogens is 1. The highest BCUT2D eigenvalue weighted by molar-refractivity contribution is 6.32. The average molecular weight is 415 g/mol. The molecule has 1 aliphatic heterocycles. The van der Waals surface area contributed by atoms with Crippen molar-refractivity contribution in [1.82, 2.24) is 4.98 Å². The molecule has 31 heavy (non-hydrogen) atoms. The number of carboxylic acids is 1. The van der Waals surface area contributed by atoms with Gasteiger partial charge in [-0.1, -0.05) is 12.1 Å². The van der Waals surface area contributed by atoms with Gasteiger partial charge in [0.15, 0.2) is 5.78 Å². The fourth-order valence-electron chi connectivity index (χ4n) is 3.21. The molecular weight excluding hydrogens is 398 g/mol. The minimum absolute atomic E-state index is 0.105. The van der Waals surface area contributed by atoms with Gasteiger partial charge in [0, 0.05) is 17.5 Å². The van der Waals surface area contributed by atoms with Crippen LogP contribution in [0.4, 0.5) is 5.69 Å². The molecule has 2 heterocycles. The van der Waals surface area contributed by atoms with Crippen molar-refractivity contribution >= 4 is 35.1 Å². The third-order valence-corrected chi connectivity index (χ3v) is 4.84. The summed E-state index contributed by atoms with van der Waals surface area (Å²) in [5.74, 6) is -1.88. The van der Waals surface area contributed by atoms with Crippen LogP contribution < -0.4 is 5.01 Å². The third kappa shape index (κ3) is 3.74. The molecule has 3 N–H and O–H groups in total. The van der Waals surface area contributed by atoms with Crippen molar-refractivity contribution in [2.45, 2.75) is 6.92 Å². The average Bonchev–Trinajstić information content (AvgIpc) is 3.34. The number of phenolic OH excluding ortho intramolecular Hbond substituents is 1. The van der Waals surface area contributed by atoms with Gasteiger partial charge in [-0.15, -0.1) is 0 Å². The van der Waals surface area contributed by atoms with Crippen LogP contribution in [0.1, 0.15) is 38.9 Å². The standard InChI is InChI=1S/C23H17N3O5/c1-13-19(22(29)26(25-13)17-8-6-14(7-9-17)23(30)31)11-16-10-15(12-24-16)21(28)18-4-2-3-5-20(18)27/h2-12,24,27H,1H3,(H,30,31)/b19-11-. The second-order valence-electron chi connectivity index (χ2n) is 6.90. The number of hydrogen-bond acceptors (Lipinski definition) is 5. The first kappa shape index (κ1) is 19.8. The van der Waals surface area contributed by atoms with E-state index < -0.39 is 5.97 Å². The van der Waals surface area contributed by atoms with Crippen LogP contribution in [0.5, 0.6) is 5.75 Å². The minimum atomic E-state index is -1.06. The molecule has 0 fully saturated rings. The van der Waals surface area contributed by atoms with Crippen molar-refractivity contribution < 1.29 is 24.6 Å². The highest BCUT2D eigenvalue weighted by Gasteiger charge is 2.29. The van der Waals surface area contributed by atoms with Crippen molar-refractivity contribution in [2.24, 2.45) is 5.10 Å². The monoisotopic (exact) mass is 415 g/mol. The Kier molecular flexibility index (Phi) is 4.96. The van der Waals surface area contributed by atoms with Crippen molar-refractivity contribution in [1.29, 1.82) is 0 Å². The van der Waals surface area contributed by atoms with Gasteiger partial charge < -0.3 is 15.2 Å². The van der Waals surface area contributed by atoms with E-state index in [-0.39, 0.29) is 28.6 Å². The number of carbonyl (C=O) groups excluding carboxylic acids is 2. The van der Waals surface area contributed by atoms with Crippen LogP contribution in [-0.4, -0.2) is 38.6 Å². The van der Waals surface area contributed by atoms with Gasteiger partial charge in [-0.25, -0.2) is 4.79 Å². The Morgan fingerprint density at radius 1 is 1.06 bits per heavy atom. The Balaban J connectivity index is 1.58. The predicted octanol–water partition coefficient (Wildman–Crippen LogP) is 3.46. The number of carbonyl (C=O) groups is 3. The lowest BCUT2D eigenvalue weighted by Gasteiger charge is -2.11. The van der Waals surface area contributed by atoms with E-state index in [0.29, 0.717) is 28.2 Å². The third-order valence-electron chi connectivity index (χ3n) is 4.84. The van der Waals surface area contributed by atoms with Gasteiger partial charge in [-0.05, 0) is 55.5 Å². The molecule has 3 aromatic rings. The Morgan fingerprint density at radius 2 is 1.77 bits per heavy atom. The van der Waals surface area contributed by atoms with Gasteiger partial charge in [0.05, 0.1) is 28.1 Å². The van der Waals surface area contributed by atoms with Crippen LogP contribution in [0.15, 0.2) is 71.5 Å². The molecule has 1 aromatic heterocycles. The maximum atomic E-state index is 12.9. The van der Waals surface area contributed by atoms with Crippen molar-refractivity contribution in [2.75, 3.05) is 5.01 Å². The number of carboxylic acid groups (broad SMARTS) is 1. The minimum Gasteiger partial charge on any atom is -0.507 e. The summed E-state index contributed by atoms with van der Waals surface area (Å²) in [7, 11) is 0. The zero-order valence-corrected chi connectivity index (χ0v) is 16.4. The molecule has 4 rings (SSSR count). The Labute approximate surface area is 176 Å². The number of aromatic hydroxyl groups is 1. The number of nitrogens with one attached hydrogen (secondary N) is 1. The topological polar surface area (TPSA) is 123 Å². The first-order valence-corrected chi connectivity index (χ1v) is 9.31. The molecule has 0 saturated heterocycles. The molecule has 2 aromatic carbocycles. The highest BCUT2D eigenvalue weighted by Crippen LogP contribution is 2.26. The van der Waals surface area contributed by atoms with Crippen LogP contribution in [-0.2, 0) is 4.79 Å². The number of phenols is 1. The molecule has 154 valence electrons. The van der Waals surface area contributed by atoms with Crippen molar-refractivity contribution in [3.63, 3.8) is 0 Å². The molecule has 0 radical (unpaired) electrons. The molecule has 8 heteroatoms. The predicted molar refractivity (Wildman–Crippen MR) is 114 cm³/mol. The second-order valence-corrected chi connectivity index (χ2v) is 6.90. The van der Waals surface area contributed by atoms with E-state index in [2.05, 4.69) is 10.1 Å². The molecule has 0 saturated carbocycles. The zero-order chi connectivity index (χ0) is 22.1. The molecule has 1 amide bonds. The van der Waals surface area contributed by atoms with E-state index in [1.54, 1.807) is 31.2 Å². The first-order chi connectivity index (χ1) is 14.8. The van der Waals surface area contributed by atoms with Crippen LogP contribution in [0.2, 0.25) is 0 Å². The first-order valence-electron chi connectivity index (χ1n) is 9.31. The summed E-state index contributed by atoms with van der Waals surface area (Å²) < 4.78 is 0. The molecule has 0 unspecified atom stereocenters. The number of benzene rings is 2. The second kappa shape index (κ2) is 7.75. The number of rotatable bonds is 5. The van der Waals surface area contributed by atoms with Crippen LogP contribution in [0, 0.1) is 0 Å². The van der Waals surface area contributed by atoms with E-state index in [4.69, 9.17) is 5.11 Å². The number of para-hydroxylation sites is 1. The summed E-state index contributed by atoms with van der Waals surface area (Å²) >= 11 is 0. The van der Waals surface area contributed by atoms with Gasteiger partial charge in [-0.2, -0.15) is 10.1 Å². The van der Waals surface area contributed by atoms with E-state index in [9.17, 15) is 19.5 Å². The lowest BCUT2D eigenvalue weighted by molar-refractivity contribution is -0.114. The van der Waals surface area contributed by atoms with E-state index in [1.165, 1.54) is 47.6 Å². The summed E-state index contributed by atoms with van der Waals surface area (Å²) in [6.45, 7) is 1.69. The molecule has 0 atom stereocenters. The largest absolute Gasteiger partial charge is 0.507 e. The van der Waals surface area contributed by atoms with Crippen molar-refractivity contribution in [3.05, 3.63) is 88.8 Å². The van der Waals surface area contributed by atoms with E-state index in [0.717, 1.165) is 0 Å². The summed E-state index contributed by atoms with van der Waals surface area (Å²) in [5.41, 5.74) is 2.43. The number of aromatic amines is 1. The fourth-order valence-corrected chi connectivity index (χ4v) is 3.21. The van der Waals surface area contributed by atoms with Gasteiger partial charge in [0.1, 0.15) is 5.75 Å². The molecule has 0 bridgehead atoms. The summed E-state index contributed by atoms with van der Waals surface area (Å²) in [5, 5.41) is 24.4. The fraction of sp³-hybridized carbons (Fsp3) is 0.0435. The van der Waals surface area contributed by atoms with Gasteiger partial charge in [0.25, 0.3) is 5.91 Å². The van der Waals surface area contributed by atoms with Crippen molar-refractivity contribution in [3.8, 4) is 5.75 Å². The highest BCUT2D eigenvalue weighted by atomic mass is 16.4. The summed E-state index contributed by atoms with van der Waals surface area (Å²) in [6, 6.07) is 13.7. The molecule has 0 aliphatic carbocycles. The number of amides is 1. The Morgan fingerprint density at radius 3 is 2.45 bits per heavy atom. The number of nitrogens with zero attached hydrogens (tertiary/aromatic N) is 2. The SMILES string of the molecule is CC1=NN(c2ccc(C(=O)O)cc2)C(=O)/C1=C\c1cc(C(=O)c2ccccc2O)c[nH]1. The van der Waals surface area contributed by atoms with Gasteiger partial charge >= 0.3 is 5.97 Å². The number of aromatic nitrogens is 1. The lowest BCUT2D eigenvalue weighted by atomic mass is 10.0. The summed E-state index contributed by atoms with van der Waals surface area (Å²) in [6.07, 6.45) is 3.10. The van der Waals surface area contributed by atoms with Crippen LogP contribution in [0.25, 0.3) is 6.08 Å². The van der Waals surface area contributed by atoms with E-state index in [1.807, 2.05) is 0 Å². The normalized spacial score (nSPS) is 14.7. The number of aromatic carboxylic acids is 1. The number of hydrazone groups is 1. The smallest absolute Gasteiger partial charge is 0.335 e. The number of anilines is 1. The number of hydrogen-bond donors (Lipinski definition) is 3. The summed E-state index contributed by atoms with van der Waals surface area (Å²) in [4.78, 5) is 39.4. The zero-order valence-electron chi connectivity index (χ0n) is 16.4. The van der Waals surface area contributed by atoms with E-state index >= 15 is 0 Å². The maximum absolute atomic E-state index is 12.9.